The van der Waals surface area contributed by atoms with Crippen LogP contribution in [0.2, 0.25) is 5.02 Å². The van der Waals surface area contributed by atoms with Gasteiger partial charge in [-0.15, -0.1) is 0 Å². The maximum absolute atomic E-state index is 13.1. The fraction of sp³-hybridized carbons (Fsp3) is 0.417. The van der Waals surface area contributed by atoms with Gasteiger partial charge in [-0.1, -0.05) is 11.6 Å². The maximum Gasteiger partial charge on any atom is 0.225 e. The van der Waals surface area contributed by atoms with E-state index in [-0.39, 0.29) is 23.4 Å². The van der Waals surface area contributed by atoms with Gasteiger partial charge in [0.15, 0.2) is 0 Å². The second kappa shape index (κ2) is 5.02. The first kappa shape index (κ1) is 12.3. The molecule has 0 heterocycles. The van der Waals surface area contributed by atoms with Crippen molar-refractivity contribution >= 4 is 23.2 Å². The van der Waals surface area contributed by atoms with Crippen LogP contribution in [0.3, 0.4) is 0 Å². The molecule has 0 aliphatic heterocycles. The summed E-state index contributed by atoms with van der Waals surface area (Å²) in [6.45, 7) is 0. The number of nitrogens with one attached hydrogen (secondary N) is 1. The van der Waals surface area contributed by atoms with Gasteiger partial charge in [0.2, 0.25) is 5.91 Å². The first-order valence-corrected chi connectivity index (χ1v) is 5.94. The molecule has 1 aliphatic carbocycles. The fourth-order valence-electron chi connectivity index (χ4n) is 1.69. The normalized spacial score (nSPS) is 16.6. The van der Waals surface area contributed by atoms with Gasteiger partial charge < -0.3 is 11.1 Å². The van der Waals surface area contributed by atoms with E-state index < -0.39 is 5.82 Å². The van der Waals surface area contributed by atoms with E-state index in [9.17, 15) is 9.18 Å². The lowest BCUT2D eigenvalue weighted by molar-refractivity contribution is -0.116. The van der Waals surface area contributed by atoms with Crippen molar-refractivity contribution < 1.29 is 9.18 Å². The number of benzene rings is 1. The van der Waals surface area contributed by atoms with Crippen molar-refractivity contribution in [2.75, 3.05) is 5.32 Å². The third-order valence-electron chi connectivity index (χ3n) is 2.85. The molecule has 1 atom stereocenters. The topological polar surface area (TPSA) is 55.1 Å². The highest BCUT2D eigenvalue weighted by molar-refractivity contribution is 6.30. The quantitative estimate of drug-likeness (QED) is 0.870. The second-order valence-electron chi connectivity index (χ2n) is 4.38. The van der Waals surface area contributed by atoms with Crippen LogP contribution < -0.4 is 11.1 Å². The molecule has 17 heavy (non-hydrogen) atoms. The fourth-order valence-corrected chi connectivity index (χ4v) is 1.81. The smallest absolute Gasteiger partial charge is 0.225 e. The van der Waals surface area contributed by atoms with Crippen molar-refractivity contribution in [3.8, 4) is 0 Å². The Morgan fingerprint density at radius 3 is 2.88 bits per heavy atom. The maximum atomic E-state index is 13.1. The van der Waals surface area contributed by atoms with E-state index in [0.717, 1.165) is 12.8 Å². The van der Waals surface area contributed by atoms with Crippen molar-refractivity contribution in [3.63, 3.8) is 0 Å². The molecule has 2 rings (SSSR count). The predicted octanol–water partition coefficient (Wildman–Crippen LogP) is 2.55. The predicted molar refractivity (Wildman–Crippen MR) is 65.4 cm³/mol. The van der Waals surface area contributed by atoms with Gasteiger partial charge in [0, 0.05) is 18.2 Å². The average Bonchev–Trinajstić information content (AvgIpc) is 3.06. The summed E-state index contributed by atoms with van der Waals surface area (Å²) < 4.78 is 13.1. The van der Waals surface area contributed by atoms with Crippen LogP contribution in [0.1, 0.15) is 19.3 Å². The van der Waals surface area contributed by atoms with Crippen LogP contribution >= 0.6 is 11.6 Å². The first-order valence-electron chi connectivity index (χ1n) is 5.57. The van der Waals surface area contributed by atoms with Gasteiger partial charge in [0.1, 0.15) is 5.82 Å². The molecule has 1 amide bonds. The van der Waals surface area contributed by atoms with Gasteiger partial charge in [0.25, 0.3) is 0 Å². The lowest BCUT2D eigenvalue weighted by Gasteiger charge is -2.10. The van der Waals surface area contributed by atoms with Gasteiger partial charge in [-0.25, -0.2) is 4.39 Å². The molecule has 1 aromatic rings. The average molecular weight is 257 g/mol. The number of halogens is 2. The summed E-state index contributed by atoms with van der Waals surface area (Å²) in [7, 11) is 0. The van der Waals surface area contributed by atoms with Crippen LogP contribution in [0.4, 0.5) is 10.1 Å². The zero-order valence-electron chi connectivity index (χ0n) is 9.25. The number of anilines is 1. The zero-order valence-corrected chi connectivity index (χ0v) is 10.0. The summed E-state index contributed by atoms with van der Waals surface area (Å²) in [5, 5.41) is 2.65. The third-order valence-corrected chi connectivity index (χ3v) is 3.16. The second-order valence-corrected chi connectivity index (χ2v) is 4.79. The summed E-state index contributed by atoms with van der Waals surface area (Å²) in [5.41, 5.74) is 6.23. The Kier molecular flexibility index (Phi) is 3.64. The molecule has 1 fully saturated rings. The van der Waals surface area contributed by atoms with Crippen LogP contribution in [-0.4, -0.2) is 11.9 Å². The minimum absolute atomic E-state index is 0.0395. The van der Waals surface area contributed by atoms with Crippen molar-refractivity contribution in [3.05, 3.63) is 29.0 Å². The Morgan fingerprint density at radius 2 is 2.29 bits per heavy atom. The Balaban J connectivity index is 1.90. The summed E-state index contributed by atoms with van der Waals surface area (Å²) in [4.78, 5) is 11.6. The molecule has 0 spiro atoms. The highest BCUT2D eigenvalue weighted by Crippen LogP contribution is 2.32. The van der Waals surface area contributed by atoms with Gasteiger partial charge >= 0.3 is 0 Å². The summed E-state index contributed by atoms with van der Waals surface area (Å²) >= 11 is 5.54. The number of carbonyl (C=O) groups excluding carboxylic acids is 1. The number of amides is 1. The van der Waals surface area contributed by atoms with E-state index in [4.69, 9.17) is 17.3 Å². The van der Waals surface area contributed by atoms with E-state index in [1.54, 1.807) is 6.07 Å². The molecule has 1 aromatic carbocycles. The van der Waals surface area contributed by atoms with E-state index in [0.29, 0.717) is 11.6 Å². The Hall–Kier alpha value is -1.13. The van der Waals surface area contributed by atoms with Gasteiger partial charge in [0.05, 0.1) is 5.02 Å². The molecular weight excluding hydrogens is 243 g/mol. The number of rotatable bonds is 4. The van der Waals surface area contributed by atoms with E-state index >= 15 is 0 Å². The summed E-state index contributed by atoms with van der Waals surface area (Å²) in [6, 6.07) is 4.08. The monoisotopic (exact) mass is 256 g/mol. The number of hydrogen-bond donors (Lipinski definition) is 2. The van der Waals surface area contributed by atoms with E-state index in [1.807, 2.05) is 0 Å². The van der Waals surface area contributed by atoms with Crippen LogP contribution in [0.25, 0.3) is 0 Å². The van der Waals surface area contributed by atoms with Crippen LogP contribution in [0, 0.1) is 11.7 Å². The van der Waals surface area contributed by atoms with E-state index in [1.165, 1.54) is 12.1 Å². The molecule has 0 aromatic heterocycles. The molecule has 1 unspecified atom stereocenters. The molecule has 0 radical (unpaired) electrons. The minimum Gasteiger partial charge on any atom is -0.327 e. The van der Waals surface area contributed by atoms with Crippen molar-refractivity contribution in [2.24, 2.45) is 11.7 Å². The number of nitrogens with two attached hydrogens (primary N) is 1. The molecule has 3 nitrogen and oxygen atoms in total. The molecule has 1 saturated carbocycles. The molecule has 3 N–H and O–H groups in total. The molecule has 92 valence electrons. The van der Waals surface area contributed by atoms with Crippen molar-refractivity contribution in [1.29, 1.82) is 0 Å². The van der Waals surface area contributed by atoms with E-state index in [2.05, 4.69) is 5.32 Å². The molecule has 0 saturated heterocycles. The SMILES string of the molecule is NC(CC(=O)Nc1ccc(Cl)c(F)c1)C1CC1. The molecule has 1 aliphatic rings. The molecular formula is C12H14ClFN2O. The van der Waals surface area contributed by atoms with Crippen LogP contribution in [0.5, 0.6) is 0 Å². The largest absolute Gasteiger partial charge is 0.327 e. The van der Waals surface area contributed by atoms with Gasteiger partial charge in [-0.05, 0) is 37.0 Å². The summed E-state index contributed by atoms with van der Waals surface area (Å²) in [6.07, 6.45) is 2.48. The first-order chi connectivity index (χ1) is 8.06. The molecule has 0 bridgehead atoms. The van der Waals surface area contributed by atoms with Crippen LogP contribution in [0.15, 0.2) is 18.2 Å². The Bertz CT molecular complexity index is 435. The summed E-state index contributed by atoms with van der Waals surface area (Å²) in [5.74, 6) is -0.259. The minimum atomic E-state index is -0.545. The third kappa shape index (κ3) is 3.41. The van der Waals surface area contributed by atoms with Crippen LogP contribution in [-0.2, 0) is 4.79 Å². The number of carbonyl (C=O) groups is 1. The number of hydrogen-bond acceptors (Lipinski definition) is 2. The Labute approximate surface area is 104 Å². The van der Waals surface area contributed by atoms with Crippen molar-refractivity contribution in [2.45, 2.75) is 25.3 Å². The van der Waals surface area contributed by atoms with Crippen molar-refractivity contribution in [1.82, 2.24) is 0 Å². The van der Waals surface area contributed by atoms with Gasteiger partial charge in [-0.3, -0.25) is 4.79 Å². The Morgan fingerprint density at radius 1 is 1.59 bits per heavy atom. The zero-order chi connectivity index (χ0) is 12.4. The lowest BCUT2D eigenvalue weighted by Crippen LogP contribution is -2.28. The molecule has 5 heteroatoms. The highest BCUT2D eigenvalue weighted by Gasteiger charge is 2.29. The van der Waals surface area contributed by atoms with Gasteiger partial charge in [-0.2, -0.15) is 0 Å². The highest BCUT2D eigenvalue weighted by atomic mass is 35.5. The standard InChI is InChI=1S/C12H14ClFN2O/c13-9-4-3-8(5-10(9)14)16-12(17)6-11(15)7-1-2-7/h3-5,7,11H,1-2,6,15H2,(H,16,17). The lowest BCUT2D eigenvalue weighted by atomic mass is 10.1.